The Morgan fingerprint density at radius 2 is 1.88 bits per heavy atom. The number of carboxylic acids is 1. The first-order valence-corrected chi connectivity index (χ1v) is 14.1. The lowest BCUT2D eigenvalue weighted by Crippen LogP contribution is -2.25. The van der Waals surface area contributed by atoms with Crippen LogP contribution < -0.4 is 21.1 Å². The predicted octanol–water partition coefficient (Wildman–Crippen LogP) is 4.66. The number of hydrogen-bond acceptors (Lipinski definition) is 8. The van der Waals surface area contributed by atoms with E-state index in [9.17, 15) is 19.5 Å². The highest BCUT2D eigenvalue weighted by atomic mass is 32.1. The van der Waals surface area contributed by atoms with E-state index in [1.165, 1.54) is 12.1 Å². The molecule has 4 heterocycles. The van der Waals surface area contributed by atoms with Gasteiger partial charge >= 0.3 is 5.97 Å². The van der Waals surface area contributed by atoms with E-state index >= 15 is 0 Å². The van der Waals surface area contributed by atoms with Gasteiger partial charge in [-0.3, -0.25) is 14.6 Å². The van der Waals surface area contributed by atoms with E-state index in [-0.39, 0.29) is 29.1 Å². The Balaban J connectivity index is 1.66. The summed E-state index contributed by atoms with van der Waals surface area (Å²) in [6, 6.07) is 11.9. The number of rotatable bonds is 8. The molecule has 210 valence electrons. The molecule has 1 aliphatic heterocycles. The number of aromatic nitrogens is 2. The summed E-state index contributed by atoms with van der Waals surface area (Å²) in [4.78, 5) is 48.4. The van der Waals surface area contributed by atoms with Gasteiger partial charge in [0.25, 0.3) is 11.8 Å². The van der Waals surface area contributed by atoms with Crippen LogP contribution in [0.3, 0.4) is 0 Å². The van der Waals surface area contributed by atoms with Crippen molar-refractivity contribution in [3.63, 3.8) is 0 Å². The number of nitrogens with one attached hydrogen (secondary N) is 2. The molecule has 4 aromatic rings. The van der Waals surface area contributed by atoms with Crippen LogP contribution in [0.25, 0.3) is 21.6 Å². The first-order valence-electron chi connectivity index (χ1n) is 13.2. The number of aromatic carboxylic acids is 1. The third-order valence-corrected chi connectivity index (χ3v) is 7.73. The number of anilines is 1. The molecular formula is C30H29N5O5S. The van der Waals surface area contributed by atoms with Crippen LogP contribution in [-0.4, -0.2) is 46.0 Å². The van der Waals surface area contributed by atoms with Crippen molar-refractivity contribution in [3.05, 3.63) is 81.7 Å². The fraction of sp³-hybridized carbons (Fsp3) is 0.233. The van der Waals surface area contributed by atoms with Gasteiger partial charge < -0.3 is 26.2 Å². The van der Waals surface area contributed by atoms with Crippen molar-refractivity contribution < 1.29 is 24.2 Å². The first-order chi connectivity index (χ1) is 19.8. The minimum atomic E-state index is -1.33. The van der Waals surface area contributed by atoms with Crippen molar-refractivity contribution in [2.75, 3.05) is 18.5 Å². The van der Waals surface area contributed by atoms with E-state index in [1.807, 2.05) is 18.4 Å². The highest BCUT2D eigenvalue weighted by molar-refractivity contribution is 7.13. The summed E-state index contributed by atoms with van der Waals surface area (Å²) in [6.07, 6.45) is 1.42. The quantitative estimate of drug-likeness (QED) is 0.238. The smallest absolute Gasteiger partial charge is 0.355 e. The Morgan fingerprint density at radius 1 is 1.05 bits per heavy atom. The van der Waals surface area contributed by atoms with Crippen molar-refractivity contribution in [2.24, 2.45) is 5.73 Å². The van der Waals surface area contributed by atoms with Gasteiger partial charge in [0.15, 0.2) is 5.69 Å². The first kappa shape index (κ1) is 27.9. The maximum Gasteiger partial charge on any atom is 0.355 e. The van der Waals surface area contributed by atoms with Gasteiger partial charge in [-0.05, 0) is 66.8 Å². The van der Waals surface area contributed by atoms with Crippen LogP contribution in [-0.2, 0) is 13.0 Å². The molecule has 1 aromatic carbocycles. The number of nitrogens with two attached hydrogens (primary N) is 1. The maximum absolute atomic E-state index is 13.9. The molecule has 0 atom stereocenters. The average molecular weight is 572 g/mol. The zero-order valence-corrected chi connectivity index (χ0v) is 23.4. The molecule has 0 saturated heterocycles. The molecule has 0 fully saturated rings. The molecule has 0 aliphatic carbocycles. The minimum absolute atomic E-state index is 0.0264. The highest BCUT2D eigenvalue weighted by Crippen LogP contribution is 2.43. The number of aryl methyl sites for hydroxylation is 1. The van der Waals surface area contributed by atoms with Gasteiger partial charge in [0, 0.05) is 46.6 Å². The Morgan fingerprint density at radius 3 is 2.61 bits per heavy atom. The van der Waals surface area contributed by atoms with Crippen LogP contribution in [0, 0.1) is 6.92 Å². The second kappa shape index (κ2) is 11.9. The van der Waals surface area contributed by atoms with E-state index < -0.39 is 17.8 Å². The fourth-order valence-electron chi connectivity index (χ4n) is 4.67. The number of hydrogen-bond donors (Lipinski definition) is 4. The molecule has 0 saturated carbocycles. The standard InChI is InChI=1S/C30H29N5O5S/c1-3-10-32-29(37)24-7-5-19(26(34-24)30(38)39)20-14-25-22(27-17(8-11-40-25)9-12-41-27)13-21(20)28(36)35-23-6-4-18(15-31)33-16(23)2/h4-7,9,12-14H,3,8,10-11,15,31H2,1-2H3,(H,32,37)(H,35,36)(H,38,39). The highest BCUT2D eigenvalue weighted by Gasteiger charge is 2.26. The molecule has 1 aliphatic rings. The molecule has 10 nitrogen and oxygen atoms in total. The van der Waals surface area contributed by atoms with Crippen LogP contribution >= 0.6 is 11.3 Å². The van der Waals surface area contributed by atoms with E-state index in [4.69, 9.17) is 10.5 Å². The second-order valence-corrected chi connectivity index (χ2v) is 10.4. The number of benzene rings is 1. The number of fused-ring (bicyclic) bond motifs is 3. The molecule has 3 aromatic heterocycles. The molecule has 0 unspecified atom stereocenters. The molecule has 0 radical (unpaired) electrons. The monoisotopic (exact) mass is 571 g/mol. The minimum Gasteiger partial charge on any atom is -0.493 e. The molecule has 5 N–H and O–H groups in total. The van der Waals surface area contributed by atoms with Crippen LogP contribution in [0.2, 0.25) is 0 Å². The van der Waals surface area contributed by atoms with Crippen LogP contribution in [0.5, 0.6) is 5.75 Å². The molecule has 41 heavy (non-hydrogen) atoms. The summed E-state index contributed by atoms with van der Waals surface area (Å²) >= 11 is 1.55. The number of thiophene rings is 1. The molecule has 0 bridgehead atoms. The van der Waals surface area contributed by atoms with E-state index in [0.717, 1.165) is 22.4 Å². The number of nitrogens with zero attached hydrogens (tertiary/aromatic N) is 2. The van der Waals surface area contributed by atoms with Gasteiger partial charge in [-0.1, -0.05) is 6.92 Å². The molecule has 0 spiro atoms. The summed E-state index contributed by atoms with van der Waals surface area (Å²) < 4.78 is 6.08. The summed E-state index contributed by atoms with van der Waals surface area (Å²) in [5, 5.41) is 17.7. The van der Waals surface area contributed by atoms with Gasteiger partial charge in [-0.2, -0.15) is 0 Å². The third-order valence-electron chi connectivity index (χ3n) is 6.74. The zero-order valence-electron chi connectivity index (χ0n) is 22.6. The van der Waals surface area contributed by atoms with Gasteiger partial charge in [0.05, 0.1) is 23.7 Å². The van der Waals surface area contributed by atoms with Crippen molar-refractivity contribution in [2.45, 2.75) is 33.2 Å². The van der Waals surface area contributed by atoms with Gasteiger partial charge in [-0.25, -0.2) is 9.78 Å². The van der Waals surface area contributed by atoms with Crippen LogP contribution in [0.4, 0.5) is 5.69 Å². The molecular weight excluding hydrogens is 542 g/mol. The topological polar surface area (TPSA) is 157 Å². The van der Waals surface area contributed by atoms with Crippen LogP contribution in [0.1, 0.15) is 61.6 Å². The Labute approximate surface area is 240 Å². The normalized spacial score (nSPS) is 12.0. The number of pyridine rings is 2. The Kier molecular flexibility index (Phi) is 8.09. The SMILES string of the molecule is CCCNC(=O)c1ccc(-c2cc3c(cc2C(=O)Nc2ccc(CN)nc2C)-c2sccc2CCO3)c(C(=O)O)n1. The summed E-state index contributed by atoms with van der Waals surface area (Å²) in [6.45, 7) is 4.82. The number of amides is 2. The number of carboxylic acid groups (broad SMARTS) is 1. The van der Waals surface area contributed by atoms with Gasteiger partial charge in [-0.15, -0.1) is 11.3 Å². The molecule has 5 rings (SSSR count). The summed E-state index contributed by atoms with van der Waals surface area (Å²) in [5.41, 5.74) is 9.70. The second-order valence-electron chi connectivity index (χ2n) is 9.51. The summed E-state index contributed by atoms with van der Waals surface area (Å²) in [5.74, 6) is -1.73. The fourth-order valence-corrected chi connectivity index (χ4v) is 5.65. The van der Waals surface area contributed by atoms with Gasteiger partial charge in [0.1, 0.15) is 11.4 Å². The molecule has 2 amide bonds. The molecule has 11 heteroatoms. The maximum atomic E-state index is 13.9. The summed E-state index contributed by atoms with van der Waals surface area (Å²) in [7, 11) is 0. The average Bonchev–Trinajstić information content (AvgIpc) is 3.37. The van der Waals surface area contributed by atoms with E-state index in [2.05, 4.69) is 20.6 Å². The zero-order chi connectivity index (χ0) is 29.1. The van der Waals surface area contributed by atoms with Crippen molar-refractivity contribution in [1.82, 2.24) is 15.3 Å². The lowest BCUT2D eigenvalue weighted by Gasteiger charge is -2.17. The van der Waals surface area contributed by atoms with Crippen molar-refractivity contribution >= 4 is 34.8 Å². The number of ether oxygens (including phenoxy) is 1. The predicted molar refractivity (Wildman–Crippen MR) is 157 cm³/mol. The van der Waals surface area contributed by atoms with E-state index in [0.29, 0.717) is 48.0 Å². The van der Waals surface area contributed by atoms with Gasteiger partial charge in [0.2, 0.25) is 0 Å². The lowest BCUT2D eigenvalue weighted by molar-refractivity contribution is 0.0691. The van der Waals surface area contributed by atoms with Crippen molar-refractivity contribution in [3.8, 4) is 27.3 Å². The largest absolute Gasteiger partial charge is 0.493 e. The van der Waals surface area contributed by atoms with Crippen LogP contribution in [0.15, 0.2) is 47.8 Å². The van der Waals surface area contributed by atoms with E-state index in [1.54, 1.807) is 42.5 Å². The number of carbonyl (C=O) groups is 3. The van der Waals surface area contributed by atoms with Crippen molar-refractivity contribution in [1.29, 1.82) is 0 Å². The Hall–Kier alpha value is -4.61. The number of carbonyl (C=O) groups excluding carboxylic acids is 2. The Bertz CT molecular complexity index is 1670. The third kappa shape index (κ3) is 5.67. The lowest BCUT2D eigenvalue weighted by atomic mass is 9.93.